The molecule has 0 atom stereocenters. The molecule has 3 heterocycles. The predicted octanol–water partition coefficient (Wildman–Crippen LogP) is 4.37. The van der Waals surface area contributed by atoms with Crippen LogP contribution in [-0.2, 0) is 6.54 Å². The van der Waals surface area contributed by atoms with E-state index >= 15 is 0 Å². The Labute approximate surface area is 181 Å². The van der Waals surface area contributed by atoms with E-state index in [0.717, 1.165) is 71.5 Å². The average Bonchev–Trinajstić information content (AvgIpc) is 3.44. The lowest BCUT2D eigenvalue weighted by Gasteiger charge is -2.33. The lowest BCUT2D eigenvalue weighted by Crippen LogP contribution is -2.38. The van der Waals surface area contributed by atoms with E-state index in [9.17, 15) is 9.90 Å². The number of hydrogen-bond donors (Lipinski definition) is 1. The van der Waals surface area contributed by atoms with Crippen molar-refractivity contribution in [3.05, 3.63) is 57.8 Å². The zero-order valence-corrected chi connectivity index (χ0v) is 18.1. The molecular weight excluding hydrogens is 394 g/mol. The van der Waals surface area contributed by atoms with Gasteiger partial charge in [-0.05, 0) is 55.7 Å². The quantitative estimate of drug-likeness (QED) is 0.665. The van der Waals surface area contributed by atoms with Crippen LogP contribution >= 0.6 is 11.3 Å². The summed E-state index contributed by atoms with van der Waals surface area (Å²) in [4.78, 5) is 23.4. The Hall–Kier alpha value is -2.44. The Morgan fingerprint density at radius 3 is 2.70 bits per heavy atom. The molecule has 0 unspecified atom stereocenters. The molecule has 2 fully saturated rings. The number of para-hydroxylation sites is 1. The lowest BCUT2D eigenvalue weighted by molar-refractivity contribution is 0.0735. The fourth-order valence-corrected chi connectivity index (χ4v) is 5.01. The monoisotopic (exact) mass is 421 g/mol. The minimum Gasteiger partial charge on any atom is -0.393 e. The summed E-state index contributed by atoms with van der Waals surface area (Å²) in [6.07, 6.45) is 3.43. The van der Waals surface area contributed by atoms with Gasteiger partial charge in [0.1, 0.15) is 5.82 Å². The topological polar surface area (TPSA) is 56.7 Å². The van der Waals surface area contributed by atoms with Crippen molar-refractivity contribution in [2.75, 3.05) is 18.0 Å². The van der Waals surface area contributed by atoms with Gasteiger partial charge in [-0.25, -0.2) is 4.98 Å². The zero-order valence-electron chi connectivity index (χ0n) is 17.3. The minimum atomic E-state index is -0.227. The maximum absolute atomic E-state index is 13.2. The Kier molecular flexibility index (Phi) is 5.21. The number of carbonyl (C=O) groups excluding carboxylic acids is 1. The van der Waals surface area contributed by atoms with Crippen LogP contribution in [0, 0.1) is 6.92 Å². The van der Waals surface area contributed by atoms with Crippen molar-refractivity contribution in [3.63, 3.8) is 0 Å². The van der Waals surface area contributed by atoms with Gasteiger partial charge in [-0.2, -0.15) is 0 Å². The van der Waals surface area contributed by atoms with E-state index in [2.05, 4.69) is 36.1 Å². The molecule has 2 aromatic heterocycles. The number of hydrogen-bond acceptors (Lipinski definition) is 5. The number of benzene rings is 1. The molecule has 1 amide bonds. The molecule has 2 aliphatic rings. The fraction of sp³-hybridized carbons (Fsp3) is 0.417. The van der Waals surface area contributed by atoms with E-state index in [1.165, 1.54) is 11.3 Å². The first-order valence-electron chi connectivity index (χ1n) is 10.8. The summed E-state index contributed by atoms with van der Waals surface area (Å²) < 4.78 is 0. The zero-order chi connectivity index (χ0) is 20.7. The summed E-state index contributed by atoms with van der Waals surface area (Å²) in [6, 6.07) is 12.7. The number of thiophene rings is 1. The van der Waals surface area contributed by atoms with Crippen molar-refractivity contribution >= 4 is 34.0 Å². The highest BCUT2D eigenvalue weighted by atomic mass is 32.1. The van der Waals surface area contributed by atoms with E-state index in [-0.39, 0.29) is 12.0 Å². The minimum absolute atomic E-state index is 0.122. The first-order chi connectivity index (χ1) is 14.6. The molecule has 5 rings (SSSR count). The molecule has 0 radical (unpaired) electrons. The number of aliphatic hydroxyl groups excluding tert-OH is 1. The van der Waals surface area contributed by atoms with Crippen molar-refractivity contribution in [2.24, 2.45) is 0 Å². The lowest BCUT2D eigenvalue weighted by atomic mass is 10.0. The highest BCUT2D eigenvalue weighted by Crippen LogP contribution is 2.34. The van der Waals surface area contributed by atoms with Crippen LogP contribution in [-0.4, -0.2) is 46.1 Å². The van der Waals surface area contributed by atoms with Gasteiger partial charge in [0.05, 0.1) is 16.5 Å². The molecule has 1 saturated heterocycles. The molecule has 1 saturated carbocycles. The van der Waals surface area contributed by atoms with E-state index in [1.807, 2.05) is 22.4 Å². The summed E-state index contributed by atoms with van der Waals surface area (Å²) in [5.41, 5.74) is 3.28. The number of nitrogens with zero attached hydrogens (tertiary/aromatic N) is 3. The maximum Gasteiger partial charge on any atom is 0.264 e. The molecule has 1 aliphatic heterocycles. The number of amides is 1. The van der Waals surface area contributed by atoms with E-state index in [1.54, 1.807) is 0 Å². The van der Waals surface area contributed by atoms with Crippen molar-refractivity contribution in [1.82, 2.24) is 9.88 Å². The highest BCUT2D eigenvalue weighted by molar-refractivity contribution is 7.12. The number of fused-ring (bicyclic) bond motifs is 1. The smallest absolute Gasteiger partial charge is 0.264 e. The Morgan fingerprint density at radius 1 is 1.20 bits per heavy atom. The van der Waals surface area contributed by atoms with Gasteiger partial charge in [0.15, 0.2) is 0 Å². The van der Waals surface area contributed by atoms with Crippen LogP contribution in [0.5, 0.6) is 0 Å². The molecule has 6 heteroatoms. The number of piperidine rings is 1. The van der Waals surface area contributed by atoms with Gasteiger partial charge in [0.25, 0.3) is 5.91 Å². The molecule has 5 nitrogen and oxygen atoms in total. The fourth-order valence-electron chi connectivity index (χ4n) is 4.33. The van der Waals surface area contributed by atoms with Crippen LogP contribution in [0.4, 0.5) is 5.82 Å². The molecule has 1 N–H and O–H groups in total. The van der Waals surface area contributed by atoms with Crippen LogP contribution in [0.3, 0.4) is 0 Å². The number of anilines is 1. The second-order valence-electron chi connectivity index (χ2n) is 8.48. The van der Waals surface area contributed by atoms with Gasteiger partial charge in [-0.15, -0.1) is 11.3 Å². The first kappa shape index (κ1) is 19.5. The number of pyridine rings is 1. The second kappa shape index (κ2) is 8.00. The Balaban J connectivity index is 1.54. The molecule has 156 valence electrons. The van der Waals surface area contributed by atoms with Gasteiger partial charge in [0, 0.05) is 36.6 Å². The number of carbonyl (C=O) groups is 1. The molecule has 30 heavy (non-hydrogen) atoms. The Bertz CT molecular complexity index is 1050. The van der Waals surface area contributed by atoms with Gasteiger partial charge in [-0.3, -0.25) is 4.79 Å². The third-order valence-electron chi connectivity index (χ3n) is 6.19. The van der Waals surface area contributed by atoms with Gasteiger partial charge in [-0.1, -0.05) is 24.3 Å². The summed E-state index contributed by atoms with van der Waals surface area (Å²) >= 11 is 1.51. The van der Waals surface area contributed by atoms with Crippen molar-refractivity contribution < 1.29 is 9.90 Å². The van der Waals surface area contributed by atoms with Crippen LogP contribution in [0.15, 0.2) is 41.8 Å². The van der Waals surface area contributed by atoms with Crippen molar-refractivity contribution in [3.8, 4) is 0 Å². The highest BCUT2D eigenvalue weighted by Gasteiger charge is 2.34. The van der Waals surface area contributed by atoms with Crippen LogP contribution < -0.4 is 4.90 Å². The predicted molar refractivity (Wildman–Crippen MR) is 121 cm³/mol. The second-order valence-corrected chi connectivity index (χ2v) is 9.43. The Morgan fingerprint density at radius 2 is 2.00 bits per heavy atom. The maximum atomic E-state index is 13.2. The first-order valence-corrected chi connectivity index (χ1v) is 11.6. The van der Waals surface area contributed by atoms with Crippen LogP contribution in [0.1, 0.15) is 46.5 Å². The van der Waals surface area contributed by atoms with Crippen molar-refractivity contribution in [2.45, 2.75) is 51.3 Å². The average molecular weight is 422 g/mol. The van der Waals surface area contributed by atoms with Crippen LogP contribution in [0.25, 0.3) is 10.9 Å². The summed E-state index contributed by atoms with van der Waals surface area (Å²) in [7, 11) is 0. The number of aryl methyl sites for hydroxylation is 1. The summed E-state index contributed by atoms with van der Waals surface area (Å²) in [6.45, 7) is 4.25. The van der Waals surface area contributed by atoms with Crippen LogP contribution in [0.2, 0.25) is 0 Å². The largest absolute Gasteiger partial charge is 0.393 e. The number of rotatable bonds is 5. The molecule has 1 aliphatic carbocycles. The number of aliphatic hydroxyl groups is 1. The van der Waals surface area contributed by atoms with E-state index in [4.69, 9.17) is 4.98 Å². The van der Waals surface area contributed by atoms with Gasteiger partial charge < -0.3 is 14.9 Å². The van der Waals surface area contributed by atoms with E-state index < -0.39 is 0 Å². The van der Waals surface area contributed by atoms with Crippen molar-refractivity contribution in [1.29, 1.82) is 0 Å². The molecule has 1 aromatic carbocycles. The molecular formula is C24H27N3O2S. The summed E-state index contributed by atoms with van der Waals surface area (Å²) in [5, 5.41) is 13.0. The van der Waals surface area contributed by atoms with Gasteiger partial charge >= 0.3 is 0 Å². The number of aromatic nitrogens is 1. The standard InChI is InChI=1S/C24H27N3O2S/c1-16-4-2-5-17-14-18(23(25-22(16)17)26-11-9-20(28)10-12-26)15-27(19-7-8-19)24(29)21-6-3-13-30-21/h2-6,13-14,19-20,28H,7-12,15H2,1H3. The molecule has 3 aromatic rings. The molecule has 0 bridgehead atoms. The SMILES string of the molecule is Cc1cccc2cc(CN(C(=O)c3cccs3)C3CC3)c(N3CCC(O)CC3)nc12. The third-order valence-corrected chi connectivity index (χ3v) is 7.05. The van der Waals surface area contributed by atoms with Gasteiger partial charge in [0.2, 0.25) is 0 Å². The third kappa shape index (κ3) is 3.82. The summed E-state index contributed by atoms with van der Waals surface area (Å²) in [5.74, 6) is 1.09. The van der Waals surface area contributed by atoms with E-state index in [0.29, 0.717) is 12.6 Å². The molecule has 0 spiro atoms. The normalized spacial score (nSPS) is 17.5.